The first-order valence-electron chi connectivity index (χ1n) is 3.91. The lowest BCUT2D eigenvalue weighted by molar-refractivity contribution is 0.0696. The maximum atomic E-state index is 10.7. The molecular weight excluding hydrogens is 222 g/mol. The molecule has 7 heteroatoms. The van der Waals surface area contributed by atoms with Gasteiger partial charge in [0.15, 0.2) is 0 Å². The molecule has 0 aromatic carbocycles. The number of aromatic carboxylic acids is 1. The van der Waals surface area contributed by atoms with Gasteiger partial charge in [0.05, 0.1) is 17.5 Å². The quantitative estimate of drug-likeness (QED) is 0.747. The van der Waals surface area contributed by atoms with E-state index in [1.807, 2.05) is 0 Å². The van der Waals surface area contributed by atoms with Gasteiger partial charge in [0.2, 0.25) is 0 Å². The van der Waals surface area contributed by atoms with Crippen molar-refractivity contribution in [1.29, 1.82) is 0 Å². The Morgan fingerprint density at radius 3 is 2.80 bits per heavy atom. The zero-order valence-electron chi connectivity index (χ0n) is 7.87. The molecule has 1 aromatic heterocycles. The van der Waals surface area contributed by atoms with Crippen LogP contribution in [0.4, 0.5) is 0 Å². The summed E-state index contributed by atoms with van der Waals surface area (Å²) >= 11 is 0. The summed E-state index contributed by atoms with van der Waals surface area (Å²) in [6.07, 6.45) is 2.19. The van der Waals surface area contributed by atoms with E-state index in [0.717, 1.165) is 6.26 Å². The highest BCUT2D eigenvalue weighted by atomic mass is 32.2. The third kappa shape index (κ3) is 4.05. The molecule has 6 nitrogen and oxygen atoms in total. The molecule has 1 aromatic rings. The summed E-state index contributed by atoms with van der Waals surface area (Å²) in [5.74, 6) is -1.10. The third-order valence-electron chi connectivity index (χ3n) is 1.48. The molecule has 0 saturated carbocycles. The Balaban J connectivity index is 2.79. The highest BCUT2D eigenvalue weighted by molar-refractivity contribution is 7.85. The smallest absolute Gasteiger partial charge is 0.335 e. The molecule has 82 valence electrons. The van der Waals surface area contributed by atoms with Crippen molar-refractivity contribution in [3.63, 3.8) is 0 Å². The maximum absolute atomic E-state index is 10.7. The van der Waals surface area contributed by atoms with Gasteiger partial charge in [-0.05, 0) is 12.1 Å². The zero-order chi connectivity index (χ0) is 11.5. The van der Waals surface area contributed by atoms with Crippen molar-refractivity contribution in [2.45, 2.75) is 6.61 Å². The summed E-state index contributed by atoms with van der Waals surface area (Å²) in [7, 11) is -3.54. The fraction of sp³-hybridized carbons (Fsp3) is 0.250. The molecule has 0 aliphatic rings. The molecule has 0 atom stereocenters. The SMILES string of the molecule is CS(=O)(=O)OCc1cc(C(=O)O)ccn1. The number of carboxylic acids is 1. The largest absolute Gasteiger partial charge is 0.478 e. The van der Waals surface area contributed by atoms with Crippen molar-refractivity contribution in [1.82, 2.24) is 4.98 Å². The first kappa shape index (κ1) is 11.6. The van der Waals surface area contributed by atoms with Gasteiger partial charge >= 0.3 is 5.97 Å². The third-order valence-corrected chi connectivity index (χ3v) is 2.03. The number of hydrogen-bond donors (Lipinski definition) is 1. The Morgan fingerprint density at radius 2 is 2.27 bits per heavy atom. The summed E-state index contributed by atoms with van der Waals surface area (Å²) in [6, 6.07) is 2.57. The molecule has 0 saturated heterocycles. The molecule has 1 rings (SSSR count). The summed E-state index contributed by atoms with van der Waals surface area (Å²) in [4.78, 5) is 14.3. The molecular formula is C8H9NO5S. The lowest BCUT2D eigenvalue weighted by atomic mass is 10.2. The molecule has 0 aliphatic heterocycles. The monoisotopic (exact) mass is 231 g/mol. The van der Waals surface area contributed by atoms with Gasteiger partial charge in [-0.3, -0.25) is 9.17 Å². The fourth-order valence-electron chi connectivity index (χ4n) is 0.858. The van der Waals surface area contributed by atoms with Crippen molar-refractivity contribution in [3.8, 4) is 0 Å². The van der Waals surface area contributed by atoms with Crippen molar-refractivity contribution in [2.24, 2.45) is 0 Å². The number of pyridine rings is 1. The minimum absolute atomic E-state index is 0.0390. The van der Waals surface area contributed by atoms with Crippen molar-refractivity contribution < 1.29 is 22.5 Å². The Labute approximate surface area is 86.6 Å². The average molecular weight is 231 g/mol. The van der Waals surface area contributed by atoms with Crippen LogP contribution in [0.5, 0.6) is 0 Å². The van der Waals surface area contributed by atoms with E-state index < -0.39 is 16.1 Å². The number of rotatable bonds is 4. The van der Waals surface area contributed by atoms with E-state index >= 15 is 0 Å². The van der Waals surface area contributed by atoms with E-state index in [1.54, 1.807) is 0 Å². The van der Waals surface area contributed by atoms with Crippen LogP contribution in [0.15, 0.2) is 18.3 Å². The van der Waals surface area contributed by atoms with E-state index in [0.29, 0.717) is 0 Å². The molecule has 0 aliphatic carbocycles. The highest BCUT2D eigenvalue weighted by Crippen LogP contribution is 2.04. The van der Waals surface area contributed by atoms with Gasteiger partial charge in [-0.1, -0.05) is 0 Å². The average Bonchev–Trinajstić information content (AvgIpc) is 2.14. The lowest BCUT2D eigenvalue weighted by Gasteiger charge is -2.01. The minimum Gasteiger partial charge on any atom is -0.478 e. The van der Waals surface area contributed by atoms with Crippen LogP contribution in [0.2, 0.25) is 0 Å². The van der Waals surface area contributed by atoms with Crippen molar-refractivity contribution >= 4 is 16.1 Å². The Hall–Kier alpha value is -1.47. The zero-order valence-corrected chi connectivity index (χ0v) is 8.69. The Morgan fingerprint density at radius 1 is 1.60 bits per heavy atom. The summed E-state index contributed by atoms with van der Waals surface area (Å²) < 4.78 is 25.8. The van der Waals surface area contributed by atoms with Gasteiger partial charge in [0, 0.05) is 6.20 Å². The first-order valence-corrected chi connectivity index (χ1v) is 5.73. The van der Waals surface area contributed by atoms with Crippen LogP contribution in [-0.2, 0) is 20.9 Å². The second-order valence-electron chi connectivity index (χ2n) is 2.81. The van der Waals surface area contributed by atoms with Crippen LogP contribution in [0, 0.1) is 0 Å². The maximum Gasteiger partial charge on any atom is 0.335 e. The number of carbonyl (C=O) groups is 1. The molecule has 0 unspecified atom stereocenters. The molecule has 0 radical (unpaired) electrons. The topological polar surface area (TPSA) is 93.6 Å². The van der Waals surface area contributed by atoms with E-state index in [1.165, 1.54) is 18.3 Å². The fourth-order valence-corrected chi connectivity index (χ4v) is 1.19. The number of aromatic nitrogens is 1. The van der Waals surface area contributed by atoms with Gasteiger partial charge < -0.3 is 5.11 Å². The summed E-state index contributed by atoms with van der Waals surface area (Å²) in [5.41, 5.74) is 0.289. The van der Waals surface area contributed by atoms with Crippen LogP contribution in [-0.4, -0.2) is 30.7 Å². The van der Waals surface area contributed by atoms with E-state index in [2.05, 4.69) is 9.17 Å². The Kier molecular flexibility index (Phi) is 3.38. The molecule has 0 spiro atoms. The van der Waals surface area contributed by atoms with E-state index in [9.17, 15) is 13.2 Å². The van der Waals surface area contributed by atoms with Crippen molar-refractivity contribution in [2.75, 3.05) is 6.26 Å². The molecule has 0 fully saturated rings. The van der Waals surface area contributed by atoms with Gasteiger partial charge in [-0.25, -0.2) is 4.79 Å². The van der Waals surface area contributed by atoms with E-state index in [4.69, 9.17) is 5.11 Å². The van der Waals surface area contributed by atoms with Crippen LogP contribution < -0.4 is 0 Å². The molecule has 15 heavy (non-hydrogen) atoms. The number of nitrogens with zero attached hydrogens (tertiary/aromatic N) is 1. The second kappa shape index (κ2) is 4.37. The number of carboxylic acid groups (broad SMARTS) is 1. The molecule has 0 amide bonds. The van der Waals surface area contributed by atoms with E-state index in [-0.39, 0.29) is 17.9 Å². The van der Waals surface area contributed by atoms with Crippen LogP contribution in [0.3, 0.4) is 0 Å². The summed E-state index contributed by atoms with van der Waals surface area (Å²) in [6.45, 7) is -0.264. The van der Waals surface area contributed by atoms with Gasteiger partial charge in [0.1, 0.15) is 6.61 Å². The van der Waals surface area contributed by atoms with Crippen molar-refractivity contribution in [3.05, 3.63) is 29.6 Å². The number of hydrogen-bond acceptors (Lipinski definition) is 5. The lowest BCUT2D eigenvalue weighted by Crippen LogP contribution is -2.05. The summed E-state index contributed by atoms with van der Waals surface area (Å²) in [5, 5.41) is 8.65. The predicted octanol–water partition coefficient (Wildman–Crippen LogP) is 0.256. The minimum atomic E-state index is -3.54. The standard InChI is InChI=1S/C8H9NO5S/c1-15(12,13)14-5-7-4-6(8(10)11)2-3-9-7/h2-4H,5H2,1H3,(H,10,11). The molecule has 0 bridgehead atoms. The van der Waals surface area contributed by atoms with Gasteiger partial charge in [-0.2, -0.15) is 8.42 Å². The van der Waals surface area contributed by atoms with Crippen LogP contribution in [0.1, 0.15) is 16.1 Å². The van der Waals surface area contributed by atoms with Gasteiger partial charge in [-0.15, -0.1) is 0 Å². The Bertz CT molecular complexity index is 468. The highest BCUT2D eigenvalue weighted by Gasteiger charge is 2.07. The van der Waals surface area contributed by atoms with Crippen LogP contribution >= 0.6 is 0 Å². The molecule has 1 heterocycles. The first-order chi connectivity index (χ1) is 6.88. The van der Waals surface area contributed by atoms with Crippen LogP contribution in [0.25, 0.3) is 0 Å². The van der Waals surface area contributed by atoms with Gasteiger partial charge in [0.25, 0.3) is 10.1 Å². The second-order valence-corrected chi connectivity index (χ2v) is 4.45. The molecule has 1 N–H and O–H groups in total. The predicted molar refractivity (Wildman–Crippen MR) is 50.8 cm³/mol. The normalized spacial score (nSPS) is 11.3.